The van der Waals surface area contributed by atoms with Crippen LogP contribution >= 0.6 is 11.8 Å². The Kier molecular flexibility index (Phi) is 13.2. The van der Waals surface area contributed by atoms with Gasteiger partial charge in [0.25, 0.3) is 0 Å². The van der Waals surface area contributed by atoms with Gasteiger partial charge in [-0.25, -0.2) is 4.79 Å². The second-order valence-corrected chi connectivity index (χ2v) is 10.1. The Morgan fingerprint density at radius 3 is 2.34 bits per heavy atom. The van der Waals surface area contributed by atoms with E-state index in [2.05, 4.69) is 31.2 Å². The predicted molar refractivity (Wildman–Crippen MR) is 142 cm³/mol. The summed E-state index contributed by atoms with van der Waals surface area (Å²) in [6, 6.07) is 15.3. The Morgan fingerprint density at radius 2 is 1.66 bits per heavy atom. The summed E-state index contributed by atoms with van der Waals surface area (Å²) in [4.78, 5) is 22.9. The maximum atomic E-state index is 11.3. The second-order valence-electron chi connectivity index (χ2n) is 8.88. The van der Waals surface area contributed by atoms with Gasteiger partial charge in [0, 0.05) is 11.3 Å². The molecule has 0 amide bonds. The van der Waals surface area contributed by atoms with Crippen molar-refractivity contribution in [2.75, 3.05) is 0 Å². The van der Waals surface area contributed by atoms with Gasteiger partial charge in [0.1, 0.15) is 0 Å². The molecule has 2 rings (SSSR count). The van der Waals surface area contributed by atoms with E-state index in [-0.39, 0.29) is 17.2 Å². The molecule has 0 aliphatic rings. The van der Waals surface area contributed by atoms with E-state index in [4.69, 9.17) is 5.11 Å². The van der Waals surface area contributed by atoms with E-state index in [1.165, 1.54) is 61.1 Å². The van der Waals surface area contributed by atoms with Gasteiger partial charge in [0.2, 0.25) is 0 Å². The molecule has 0 saturated heterocycles. The average molecular weight is 499 g/mol. The smallest absolute Gasteiger partial charge is 0.335 e. The first-order valence-electron chi connectivity index (χ1n) is 12.5. The third-order valence-electron chi connectivity index (χ3n) is 5.89. The fraction of sp³-hybridized carbons (Fsp3) is 0.448. The first kappa shape index (κ1) is 28.7. The number of unbranched alkanes of at least 4 members (excludes halogenated alkanes) is 4. The Labute approximate surface area is 213 Å². The molecule has 2 atom stereocenters. The van der Waals surface area contributed by atoms with Crippen LogP contribution in [0.3, 0.4) is 0 Å². The summed E-state index contributed by atoms with van der Waals surface area (Å²) in [5, 5.41) is 28.6. The Bertz CT molecular complexity index is 938. The van der Waals surface area contributed by atoms with Crippen LogP contribution in [0.2, 0.25) is 0 Å². The topological polar surface area (TPSA) is 94.8 Å². The van der Waals surface area contributed by atoms with Crippen molar-refractivity contribution < 1.29 is 24.9 Å². The lowest BCUT2D eigenvalue weighted by Gasteiger charge is -2.19. The molecule has 0 unspecified atom stereocenters. The third kappa shape index (κ3) is 11.6. The molecule has 0 saturated carbocycles. The Balaban J connectivity index is 1.98. The summed E-state index contributed by atoms with van der Waals surface area (Å²) >= 11 is 1.39. The molecule has 2 aromatic carbocycles. The molecule has 2 aromatic rings. The van der Waals surface area contributed by atoms with Gasteiger partial charge in [-0.15, -0.1) is 11.8 Å². The third-order valence-corrected chi connectivity index (χ3v) is 7.16. The van der Waals surface area contributed by atoms with Crippen molar-refractivity contribution >= 4 is 23.7 Å². The molecule has 0 aromatic heterocycles. The summed E-state index contributed by atoms with van der Waals surface area (Å²) < 4.78 is 0. The first-order chi connectivity index (χ1) is 16.9. The maximum absolute atomic E-state index is 11.3. The number of rotatable bonds is 17. The highest BCUT2D eigenvalue weighted by Crippen LogP contribution is 2.29. The van der Waals surface area contributed by atoms with Crippen LogP contribution in [0, 0.1) is 0 Å². The van der Waals surface area contributed by atoms with Crippen LogP contribution in [0.25, 0.3) is 0 Å². The summed E-state index contributed by atoms with van der Waals surface area (Å²) in [5.74, 6) is -1.87. The lowest BCUT2D eigenvalue weighted by atomic mass is 10.0. The van der Waals surface area contributed by atoms with Crippen molar-refractivity contribution in [2.45, 2.75) is 87.4 Å². The lowest BCUT2D eigenvalue weighted by Crippen LogP contribution is -2.21. The number of thioether (sulfide) groups is 1. The quantitative estimate of drug-likeness (QED) is 0.126. The molecule has 0 aliphatic heterocycles. The molecule has 0 radical (unpaired) electrons. The van der Waals surface area contributed by atoms with Crippen LogP contribution in [-0.2, 0) is 17.6 Å². The van der Waals surface area contributed by atoms with E-state index in [1.807, 2.05) is 18.2 Å². The number of aryl methyl sites for hydroxylation is 1. The fourth-order valence-corrected chi connectivity index (χ4v) is 4.99. The van der Waals surface area contributed by atoms with Crippen LogP contribution in [0.15, 0.2) is 65.6 Å². The number of carboxylic acid groups (broad SMARTS) is 2. The van der Waals surface area contributed by atoms with Gasteiger partial charge in [-0.05, 0) is 61.4 Å². The van der Waals surface area contributed by atoms with Gasteiger partial charge in [-0.2, -0.15) is 0 Å². The number of aliphatic carboxylic acids is 1. The normalized spacial score (nSPS) is 13.1. The van der Waals surface area contributed by atoms with Gasteiger partial charge in [0.15, 0.2) is 0 Å². The zero-order valence-corrected chi connectivity index (χ0v) is 21.4. The number of carboxylic acids is 2. The zero-order valence-electron chi connectivity index (χ0n) is 20.6. The van der Waals surface area contributed by atoms with E-state index < -0.39 is 18.0 Å². The first-order valence-corrected chi connectivity index (χ1v) is 13.4. The van der Waals surface area contributed by atoms with Crippen LogP contribution < -0.4 is 0 Å². The van der Waals surface area contributed by atoms with Crippen molar-refractivity contribution in [3.05, 3.63) is 77.4 Å². The van der Waals surface area contributed by atoms with Crippen LogP contribution in [0.4, 0.5) is 0 Å². The van der Waals surface area contributed by atoms with Crippen molar-refractivity contribution in [2.24, 2.45) is 0 Å². The monoisotopic (exact) mass is 498 g/mol. The standard InChI is InChI=1S/C29H38O5S/c1-2-3-4-5-6-10-22-17-19-23(20-18-22)11-7-15-27(26(30)14-9-16-28(31)32)35-25-13-8-12-24(21-25)29(33)34/h7-8,12-13,15,17-21,26-27,30H,2-6,9-11,14,16H2,1H3,(H,31,32)(H,33,34)/b15-7-/t26-,27+/m0/s1. The van der Waals surface area contributed by atoms with Crippen molar-refractivity contribution in [1.82, 2.24) is 0 Å². The minimum atomic E-state index is -0.994. The molecule has 0 aliphatic carbocycles. The van der Waals surface area contributed by atoms with Gasteiger partial charge >= 0.3 is 11.9 Å². The molecule has 0 bridgehead atoms. The van der Waals surface area contributed by atoms with E-state index in [0.717, 1.165) is 17.7 Å². The molecule has 3 N–H and O–H groups in total. The van der Waals surface area contributed by atoms with E-state index in [0.29, 0.717) is 12.8 Å². The number of hydrogen-bond donors (Lipinski definition) is 3. The van der Waals surface area contributed by atoms with E-state index in [9.17, 15) is 19.8 Å². The van der Waals surface area contributed by atoms with Crippen LogP contribution in [0.5, 0.6) is 0 Å². The summed E-state index contributed by atoms with van der Waals surface area (Å²) in [7, 11) is 0. The minimum absolute atomic E-state index is 0.0115. The SMILES string of the molecule is CCCCCCCc1ccc(C/C=C\[C@@H](Sc2cccc(C(=O)O)c2)[C@@H](O)CCCC(=O)O)cc1. The highest BCUT2D eigenvalue weighted by Gasteiger charge is 2.19. The summed E-state index contributed by atoms with van der Waals surface area (Å²) in [6.45, 7) is 2.23. The van der Waals surface area contributed by atoms with Gasteiger partial charge in [0.05, 0.1) is 16.9 Å². The molecular weight excluding hydrogens is 460 g/mol. The molecule has 0 spiro atoms. The van der Waals surface area contributed by atoms with E-state index in [1.54, 1.807) is 12.1 Å². The van der Waals surface area contributed by atoms with Crippen LogP contribution in [0.1, 0.15) is 79.8 Å². The molecule has 190 valence electrons. The van der Waals surface area contributed by atoms with Gasteiger partial charge in [-0.1, -0.05) is 75.1 Å². The highest BCUT2D eigenvalue weighted by molar-refractivity contribution is 8.00. The van der Waals surface area contributed by atoms with Crippen molar-refractivity contribution in [3.63, 3.8) is 0 Å². The number of aromatic carboxylic acids is 1. The number of aliphatic hydroxyl groups excluding tert-OH is 1. The second kappa shape index (κ2) is 16.2. The van der Waals surface area contributed by atoms with Crippen LogP contribution in [-0.4, -0.2) is 38.6 Å². The predicted octanol–water partition coefficient (Wildman–Crippen LogP) is 6.77. The van der Waals surface area contributed by atoms with Crippen molar-refractivity contribution in [3.8, 4) is 0 Å². The number of allylic oxidation sites excluding steroid dienone is 1. The average Bonchev–Trinajstić information content (AvgIpc) is 2.84. The zero-order chi connectivity index (χ0) is 25.5. The maximum Gasteiger partial charge on any atom is 0.335 e. The molecule has 6 heteroatoms. The van der Waals surface area contributed by atoms with Gasteiger partial charge < -0.3 is 15.3 Å². The molecule has 0 fully saturated rings. The molecule has 0 heterocycles. The number of carbonyl (C=O) groups is 2. The Morgan fingerprint density at radius 1 is 0.943 bits per heavy atom. The fourth-order valence-electron chi connectivity index (χ4n) is 3.85. The Hall–Kier alpha value is -2.57. The molecule has 35 heavy (non-hydrogen) atoms. The lowest BCUT2D eigenvalue weighted by molar-refractivity contribution is -0.137. The number of hydrogen-bond acceptors (Lipinski definition) is 4. The van der Waals surface area contributed by atoms with Crippen molar-refractivity contribution in [1.29, 1.82) is 0 Å². The number of aliphatic hydroxyl groups is 1. The molecular formula is C29H38O5S. The summed E-state index contributed by atoms with van der Waals surface area (Å²) in [5.41, 5.74) is 2.74. The summed E-state index contributed by atoms with van der Waals surface area (Å²) in [6.07, 6.45) is 12.2. The highest BCUT2D eigenvalue weighted by atomic mass is 32.2. The van der Waals surface area contributed by atoms with Gasteiger partial charge in [-0.3, -0.25) is 4.79 Å². The minimum Gasteiger partial charge on any atom is -0.481 e. The largest absolute Gasteiger partial charge is 0.481 e. The number of benzene rings is 2. The molecule has 5 nitrogen and oxygen atoms in total. The van der Waals surface area contributed by atoms with E-state index >= 15 is 0 Å².